The van der Waals surface area contributed by atoms with Crippen LogP contribution in [0.5, 0.6) is 0 Å². The molecule has 0 aromatic carbocycles. The van der Waals surface area contributed by atoms with Crippen LogP contribution in [0.4, 0.5) is 0 Å². The fraction of sp³-hybridized carbons (Fsp3) is 0.500. The molecule has 122 valence electrons. The summed E-state index contributed by atoms with van der Waals surface area (Å²) in [5, 5.41) is 17.3. The molecule has 1 aliphatic heterocycles. The lowest BCUT2D eigenvalue weighted by Gasteiger charge is -2.30. The number of carboxylic acid groups (broad SMARTS) is 1. The molecular weight excluding hydrogens is 296 g/mol. The van der Waals surface area contributed by atoms with E-state index in [9.17, 15) is 9.59 Å². The van der Waals surface area contributed by atoms with E-state index in [4.69, 9.17) is 5.11 Å². The van der Waals surface area contributed by atoms with Gasteiger partial charge in [-0.3, -0.25) is 14.0 Å². The Bertz CT molecular complexity index is 745. The van der Waals surface area contributed by atoms with Gasteiger partial charge in [-0.05, 0) is 25.0 Å². The number of amides is 1. The molecule has 0 aliphatic carbocycles. The van der Waals surface area contributed by atoms with E-state index in [1.165, 1.54) is 0 Å². The number of aromatic nitrogens is 3. The molecule has 3 rings (SSSR count). The summed E-state index contributed by atoms with van der Waals surface area (Å²) in [6.07, 6.45) is 2.79. The van der Waals surface area contributed by atoms with E-state index in [0.29, 0.717) is 31.5 Å². The SMILES string of the molecule is CC(C)c1nnc2ccc(C(=O)N3CCC(C(=O)O)CC3)cn12. The van der Waals surface area contributed by atoms with Gasteiger partial charge in [0.2, 0.25) is 0 Å². The van der Waals surface area contributed by atoms with Gasteiger partial charge in [0.15, 0.2) is 5.65 Å². The van der Waals surface area contributed by atoms with Gasteiger partial charge in [0, 0.05) is 25.2 Å². The zero-order valence-electron chi connectivity index (χ0n) is 13.3. The van der Waals surface area contributed by atoms with Gasteiger partial charge in [-0.25, -0.2) is 0 Å². The maximum atomic E-state index is 12.6. The summed E-state index contributed by atoms with van der Waals surface area (Å²) in [7, 11) is 0. The topological polar surface area (TPSA) is 87.8 Å². The molecule has 23 heavy (non-hydrogen) atoms. The highest BCUT2D eigenvalue weighted by atomic mass is 16.4. The van der Waals surface area contributed by atoms with E-state index in [1.807, 2.05) is 18.2 Å². The largest absolute Gasteiger partial charge is 0.481 e. The summed E-state index contributed by atoms with van der Waals surface area (Å²) >= 11 is 0. The van der Waals surface area contributed by atoms with Crippen molar-refractivity contribution in [3.63, 3.8) is 0 Å². The summed E-state index contributed by atoms with van der Waals surface area (Å²) in [4.78, 5) is 25.4. The van der Waals surface area contributed by atoms with E-state index >= 15 is 0 Å². The first-order valence-electron chi connectivity index (χ1n) is 7.84. The molecule has 0 atom stereocenters. The van der Waals surface area contributed by atoms with Gasteiger partial charge in [-0.15, -0.1) is 10.2 Å². The predicted octanol–water partition coefficient (Wildman–Crippen LogP) is 1.79. The minimum absolute atomic E-state index is 0.0702. The second-order valence-corrected chi connectivity index (χ2v) is 6.26. The van der Waals surface area contributed by atoms with Crippen LogP contribution in [0.1, 0.15) is 48.8 Å². The second-order valence-electron chi connectivity index (χ2n) is 6.26. The Morgan fingerprint density at radius 1 is 1.22 bits per heavy atom. The van der Waals surface area contributed by atoms with E-state index in [0.717, 1.165) is 11.5 Å². The number of fused-ring (bicyclic) bond motifs is 1. The fourth-order valence-corrected chi connectivity index (χ4v) is 2.94. The van der Waals surface area contributed by atoms with Gasteiger partial charge in [0.05, 0.1) is 11.5 Å². The summed E-state index contributed by atoms with van der Waals surface area (Å²) in [6, 6.07) is 3.54. The van der Waals surface area contributed by atoms with Crippen molar-refractivity contribution in [2.75, 3.05) is 13.1 Å². The maximum absolute atomic E-state index is 12.6. The average molecular weight is 316 g/mol. The lowest BCUT2D eigenvalue weighted by molar-refractivity contribution is -0.143. The number of pyridine rings is 1. The molecular formula is C16H20N4O3. The van der Waals surface area contributed by atoms with Crippen LogP contribution in [0.3, 0.4) is 0 Å². The molecule has 0 spiro atoms. The van der Waals surface area contributed by atoms with Crippen molar-refractivity contribution in [3.05, 3.63) is 29.7 Å². The molecule has 7 nitrogen and oxygen atoms in total. The number of carbonyl (C=O) groups is 2. The predicted molar refractivity (Wildman–Crippen MR) is 83.3 cm³/mol. The van der Waals surface area contributed by atoms with Crippen LogP contribution in [-0.2, 0) is 4.79 Å². The normalized spacial score (nSPS) is 16.2. The van der Waals surface area contributed by atoms with Crippen LogP contribution < -0.4 is 0 Å². The van der Waals surface area contributed by atoms with E-state index in [-0.39, 0.29) is 17.7 Å². The molecule has 1 fully saturated rings. The third kappa shape index (κ3) is 2.91. The molecule has 1 aliphatic rings. The van der Waals surface area contributed by atoms with Gasteiger partial charge in [0.1, 0.15) is 5.82 Å². The second kappa shape index (κ2) is 5.98. The van der Waals surface area contributed by atoms with Crippen LogP contribution in [0.2, 0.25) is 0 Å². The Hall–Kier alpha value is -2.44. The van der Waals surface area contributed by atoms with E-state index in [2.05, 4.69) is 10.2 Å². The van der Waals surface area contributed by atoms with Crippen LogP contribution in [0.25, 0.3) is 5.65 Å². The lowest BCUT2D eigenvalue weighted by atomic mass is 9.97. The van der Waals surface area contributed by atoms with Crippen molar-refractivity contribution in [3.8, 4) is 0 Å². The summed E-state index contributed by atoms with van der Waals surface area (Å²) < 4.78 is 1.85. The van der Waals surface area contributed by atoms with E-state index in [1.54, 1.807) is 23.2 Å². The third-order valence-corrected chi connectivity index (χ3v) is 4.32. The zero-order chi connectivity index (χ0) is 16.6. The number of aliphatic carboxylic acids is 1. The third-order valence-electron chi connectivity index (χ3n) is 4.32. The molecule has 0 unspecified atom stereocenters. The van der Waals surface area contributed by atoms with Crippen molar-refractivity contribution < 1.29 is 14.7 Å². The van der Waals surface area contributed by atoms with Crippen LogP contribution >= 0.6 is 0 Å². The van der Waals surface area contributed by atoms with Gasteiger partial charge < -0.3 is 10.0 Å². The Morgan fingerprint density at radius 3 is 2.52 bits per heavy atom. The first kappa shape index (κ1) is 15.5. The van der Waals surface area contributed by atoms with Crippen molar-refractivity contribution in [1.29, 1.82) is 0 Å². The first-order chi connectivity index (χ1) is 11.0. The minimum Gasteiger partial charge on any atom is -0.481 e. The Morgan fingerprint density at radius 2 is 1.91 bits per heavy atom. The first-order valence-corrected chi connectivity index (χ1v) is 7.84. The summed E-state index contributed by atoms with van der Waals surface area (Å²) in [6.45, 7) is 5.02. The van der Waals surface area contributed by atoms with Crippen molar-refractivity contribution in [2.45, 2.75) is 32.6 Å². The number of carboxylic acids is 1. The number of rotatable bonds is 3. The number of hydrogen-bond acceptors (Lipinski definition) is 4. The molecule has 7 heteroatoms. The van der Waals surface area contributed by atoms with Crippen LogP contribution in [0.15, 0.2) is 18.3 Å². The van der Waals surface area contributed by atoms with Crippen molar-refractivity contribution >= 4 is 17.5 Å². The Labute approximate surface area is 133 Å². The number of hydrogen-bond donors (Lipinski definition) is 1. The highest BCUT2D eigenvalue weighted by Crippen LogP contribution is 2.20. The molecule has 0 radical (unpaired) electrons. The summed E-state index contributed by atoms with van der Waals surface area (Å²) in [5.74, 6) is -0.156. The van der Waals surface area contributed by atoms with Crippen LogP contribution in [0, 0.1) is 5.92 Å². The fourth-order valence-electron chi connectivity index (χ4n) is 2.94. The number of nitrogens with zero attached hydrogens (tertiary/aromatic N) is 4. The van der Waals surface area contributed by atoms with Gasteiger partial charge >= 0.3 is 5.97 Å². The van der Waals surface area contributed by atoms with Crippen molar-refractivity contribution in [1.82, 2.24) is 19.5 Å². The number of likely N-dealkylation sites (tertiary alicyclic amines) is 1. The Kier molecular flexibility index (Phi) is 4.02. The molecule has 2 aromatic heterocycles. The standard InChI is InChI=1S/C16H20N4O3/c1-10(2)14-18-17-13-4-3-12(9-20(13)14)15(21)19-7-5-11(6-8-19)16(22)23/h3-4,9-11H,5-8H2,1-2H3,(H,22,23). The molecule has 3 heterocycles. The zero-order valence-corrected chi connectivity index (χ0v) is 13.3. The average Bonchev–Trinajstić information content (AvgIpc) is 2.97. The maximum Gasteiger partial charge on any atom is 0.306 e. The number of carbonyl (C=O) groups excluding carboxylic acids is 1. The van der Waals surface area contributed by atoms with Crippen molar-refractivity contribution in [2.24, 2.45) is 5.92 Å². The van der Waals surface area contributed by atoms with Gasteiger partial charge in [0.25, 0.3) is 5.91 Å². The van der Waals surface area contributed by atoms with Crippen LogP contribution in [-0.4, -0.2) is 49.6 Å². The smallest absolute Gasteiger partial charge is 0.306 e. The quantitative estimate of drug-likeness (QED) is 0.932. The monoisotopic (exact) mass is 316 g/mol. The molecule has 1 N–H and O–H groups in total. The molecule has 0 bridgehead atoms. The molecule has 1 amide bonds. The Balaban J connectivity index is 1.81. The van der Waals surface area contributed by atoms with E-state index < -0.39 is 5.97 Å². The van der Waals surface area contributed by atoms with Gasteiger partial charge in [-0.1, -0.05) is 13.8 Å². The lowest BCUT2D eigenvalue weighted by Crippen LogP contribution is -2.40. The van der Waals surface area contributed by atoms with Gasteiger partial charge in [-0.2, -0.15) is 0 Å². The minimum atomic E-state index is -0.774. The summed E-state index contributed by atoms with van der Waals surface area (Å²) in [5.41, 5.74) is 1.29. The molecule has 0 saturated carbocycles. The molecule has 2 aromatic rings. The molecule has 1 saturated heterocycles. The number of piperidine rings is 1. The highest BCUT2D eigenvalue weighted by Gasteiger charge is 2.27. The highest BCUT2D eigenvalue weighted by molar-refractivity contribution is 5.94.